The molecule has 0 aromatic rings. The highest BCUT2D eigenvalue weighted by Crippen LogP contribution is 1.98. The Balaban J connectivity index is 2.90. The molecule has 0 aromatic carbocycles. The Morgan fingerprint density at radius 2 is 2.18 bits per heavy atom. The Kier molecular flexibility index (Phi) is 6.37. The molecule has 0 aliphatic carbocycles. The van der Waals surface area contributed by atoms with Crippen LogP contribution in [0, 0.1) is 5.41 Å². The van der Waals surface area contributed by atoms with Crippen LogP contribution in [-0.4, -0.2) is 18.9 Å². The van der Waals surface area contributed by atoms with Crippen LogP contribution in [0.1, 0.15) is 25.7 Å². The molecule has 0 saturated carbocycles. The zero-order valence-electron chi connectivity index (χ0n) is 6.51. The van der Waals surface area contributed by atoms with E-state index in [4.69, 9.17) is 11.1 Å². The summed E-state index contributed by atoms with van der Waals surface area (Å²) in [7, 11) is 0. The number of rotatable bonds is 7. The normalized spacial score (nSPS) is 9.09. The van der Waals surface area contributed by atoms with Gasteiger partial charge in [-0.1, -0.05) is 0 Å². The molecule has 4 heteroatoms. The van der Waals surface area contributed by atoms with Crippen LogP contribution in [0.2, 0.25) is 0 Å². The molecule has 0 saturated heterocycles. The number of hydrogen-bond donors (Lipinski definition) is 2. The van der Waals surface area contributed by atoms with Gasteiger partial charge in [-0.3, -0.25) is 10.2 Å². The van der Waals surface area contributed by atoms with Gasteiger partial charge < -0.3 is 10.5 Å². The fourth-order valence-electron chi connectivity index (χ4n) is 0.726. The van der Waals surface area contributed by atoms with Gasteiger partial charge in [-0.15, -0.1) is 0 Å². The van der Waals surface area contributed by atoms with Crippen molar-refractivity contribution in [3.63, 3.8) is 0 Å². The number of amidine groups is 1. The van der Waals surface area contributed by atoms with Crippen LogP contribution >= 0.6 is 0 Å². The van der Waals surface area contributed by atoms with Crippen LogP contribution in [0.25, 0.3) is 0 Å². The number of hydrogen-bond acceptors (Lipinski definition) is 3. The molecule has 0 atom stereocenters. The Morgan fingerprint density at radius 1 is 1.45 bits per heavy atom. The number of nitrogens with one attached hydrogen (secondary N) is 1. The van der Waals surface area contributed by atoms with E-state index in [0.717, 1.165) is 19.3 Å². The lowest BCUT2D eigenvalue weighted by Gasteiger charge is -1.98. The zero-order chi connectivity index (χ0) is 8.53. The molecule has 0 unspecified atom stereocenters. The summed E-state index contributed by atoms with van der Waals surface area (Å²) in [6, 6.07) is 0. The van der Waals surface area contributed by atoms with Crippen molar-refractivity contribution in [1.82, 2.24) is 0 Å². The molecule has 0 amide bonds. The van der Waals surface area contributed by atoms with Gasteiger partial charge in [0.25, 0.3) is 6.47 Å². The topological polar surface area (TPSA) is 76.2 Å². The maximum absolute atomic E-state index is 9.67. The third kappa shape index (κ3) is 8.94. The van der Waals surface area contributed by atoms with Gasteiger partial charge in [0.1, 0.15) is 0 Å². The maximum atomic E-state index is 9.67. The molecule has 4 nitrogen and oxygen atoms in total. The number of nitrogens with two attached hydrogens (primary N) is 1. The van der Waals surface area contributed by atoms with Crippen molar-refractivity contribution in [2.45, 2.75) is 25.7 Å². The first-order chi connectivity index (χ1) is 5.27. The SMILES string of the molecule is N=C(N)CCCCCOC=O. The molecule has 0 fully saturated rings. The predicted molar refractivity (Wildman–Crippen MR) is 42.4 cm³/mol. The largest absolute Gasteiger partial charge is 0.468 e. The number of ether oxygens (including phenoxy) is 1. The number of unbranched alkanes of at least 4 members (excludes halogenated alkanes) is 2. The van der Waals surface area contributed by atoms with E-state index in [2.05, 4.69) is 4.74 Å². The first-order valence-electron chi connectivity index (χ1n) is 3.65. The van der Waals surface area contributed by atoms with Gasteiger partial charge >= 0.3 is 0 Å². The van der Waals surface area contributed by atoms with Crippen LogP contribution in [0.3, 0.4) is 0 Å². The zero-order valence-corrected chi connectivity index (χ0v) is 6.51. The highest BCUT2D eigenvalue weighted by molar-refractivity contribution is 5.76. The molecular formula is C7H14N2O2. The summed E-state index contributed by atoms with van der Waals surface area (Å²) in [5.74, 6) is 0.223. The average molecular weight is 158 g/mol. The molecule has 0 aliphatic rings. The van der Waals surface area contributed by atoms with E-state index >= 15 is 0 Å². The van der Waals surface area contributed by atoms with Crippen LogP contribution in [-0.2, 0) is 9.53 Å². The summed E-state index contributed by atoms with van der Waals surface area (Å²) >= 11 is 0. The standard InChI is InChI=1S/C7H14N2O2/c8-7(9)4-2-1-3-5-11-6-10/h6H,1-5H2,(H3,8,9). The predicted octanol–water partition coefficient (Wildman–Crippen LogP) is 0.656. The van der Waals surface area contributed by atoms with Gasteiger partial charge in [0.05, 0.1) is 12.4 Å². The second-order valence-electron chi connectivity index (χ2n) is 2.30. The van der Waals surface area contributed by atoms with E-state index in [1.807, 2.05) is 0 Å². The minimum absolute atomic E-state index is 0.223. The molecule has 0 radical (unpaired) electrons. The summed E-state index contributed by atoms with van der Waals surface area (Å²) in [4.78, 5) is 9.67. The highest BCUT2D eigenvalue weighted by Gasteiger charge is 1.91. The van der Waals surface area contributed by atoms with Crippen molar-refractivity contribution >= 4 is 12.3 Å². The van der Waals surface area contributed by atoms with Crippen molar-refractivity contribution < 1.29 is 9.53 Å². The second-order valence-corrected chi connectivity index (χ2v) is 2.30. The third-order valence-corrected chi connectivity index (χ3v) is 1.28. The van der Waals surface area contributed by atoms with E-state index in [0.29, 0.717) is 19.5 Å². The lowest BCUT2D eigenvalue weighted by atomic mass is 10.2. The molecule has 0 aromatic heterocycles. The Morgan fingerprint density at radius 3 is 2.73 bits per heavy atom. The fraction of sp³-hybridized carbons (Fsp3) is 0.714. The molecule has 0 aliphatic heterocycles. The third-order valence-electron chi connectivity index (χ3n) is 1.28. The quantitative estimate of drug-likeness (QED) is 0.247. The van der Waals surface area contributed by atoms with Crippen LogP contribution in [0.4, 0.5) is 0 Å². The van der Waals surface area contributed by atoms with E-state index in [-0.39, 0.29) is 5.84 Å². The fourth-order valence-corrected chi connectivity index (χ4v) is 0.726. The summed E-state index contributed by atoms with van der Waals surface area (Å²) in [5.41, 5.74) is 5.13. The maximum Gasteiger partial charge on any atom is 0.293 e. The number of carbonyl (C=O) groups is 1. The minimum Gasteiger partial charge on any atom is -0.468 e. The van der Waals surface area contributed by atoms with Crippen molar-refractivity contribution in [1.29, 1.82) is 5.41 Å². The van der Waals surface area contributed by atoms with E-state index in [9.17, 15) is 4.79 Å². The second kappa shape index (κ2) is 7.05. The highest BCUT2D eigenvalue weighted by atomic mass is 16.5. The minimum atomic E-state index is 0.223. The smallest absolute Gasteiger partial charge is 0.293 e. The van der Waals surface area contributed by atoms with E-state index in [1.54, 1.807) is 0 Å². The lowest BCUT2D eigenvalue weighted by molar-refractivity contribution is -0.128. The molecule has 3 N–H and O–H groups in total. The molecular weight excluding hydrogens is 144 g/mol. The molecule has 64 valence electrons. The van der Waals surface area contributed by atoms with Crippen molar-refractivity contribution in [2.75, 3.05) is 6.61 Å². The van der Waals surface area contributed by atoms with Crippen molar-refractivity contribution in [3.05, 3.63) is 0 Å². The van der Waals surface area contributed by atoms with Gasteiger partial charge in [-0.25, -0.2) is 0 Å². The monoisotopic (exact) mass is 158 g/mol. The lowest BCUT2D eigenvalue weighted by Crippen LogP contribution is -2.08. The van der Waals surface area contributed by atoms with Crippen LogP contribution < -0.4 is 5.73 Å². The summed E-state index contributed by atoms with van der Waals surface area (Å²) in [6.07, 6.45) is 3.35. The first kappa shape index (κ1) is 9.94. The van der Waals surface area contributed by atoms with E-state index < -0.39 is 0 Å². The molecule has 0 spiro atoms. The Bertz CT molecular complexity index is 126. The Hall–Kier alpha value is -1.06. The van der Waals surface area contributed by atoms with Gasteiger partial charge in [0.2, 0.25) is 0 Å². The van der Waals surface area contributed by atoms with Gasteiger partial charge in [-0.05, 0) is 19.3 Å². The summed E-state index contributed by atoms with van der Waals surface area (Å²) < 4.78 is 4.48. The summed E-state index contributed by atoms with van der Waals surface area (Å²) in [5, 5.41) is 6.90. The van der Waals surface area contributed by atoms with Gasteiger partial charge in [0, 0.05) is 6.42 Å². The number of carbonyl (C=O) groups excluding carboxylic acids is 1. The van der Waals surface area contributed by atoms with Gasteiger partial charge in [0.15, 0.2) is 0 Å². The molecule has 0 heterocycles. The first-order valence-corrected chi connectivity index (χ1v) is 3.65. The molecule has 11 heavy (non-hydrogen) atoms. The molecule has 0 rings (SSSR count). The Labute approximate surface area is 66.2 Å². The molecule has 0 bridgehead atoms. The van der Waals surface area contributed by atoms with Gasteiger partial charge in [-0.2, -0.15) is 0 Å². The van der Waals surface area contributed by atoms with Crippen LogP contribution in [0.5, 0.6) is 0 Å². The van der Waals surface area contributed by atoms with E-state index in [1.165, 1.54) is 0 Å². The van der Waals surface area contributed by atoms with Crippen molar-refractivity contribution in [2.24, 2.45) is 5.73 Å². The van der Waals surface area contributed by atoms with Crippen LogP contribution in [0.15, 0.2) is 0 Å². The average Bonchev–Trinajstić information content (AvgIpc) is 1.96. The summed E-state index contributed by atoms with van der Waals surface area (Å²) in [6.45, 7) is 0.923. The van der Waals surface area contributed by atoms with Crippen molar-refractivity contribution in [3.8, 4) is 0 Å².